The van der Waals surface area contributed by atoms with Gasteiger partial charge in [-0.1, -0.05) is 12.1 Å². The highest BCUT2D eigenvalue weighted by atomic mass is 19.4. The Hall–Kier alpha value is -1.56. The highest BCUT2D eigenvalue weighted by Gasteiger charge is 2.58. The summed E-state index contributed by atoms with van der Waals surface area (Å²) in [4.78, 5) is 11.4. The second kappa shape index (κ2) is 3.98. The van der Waals surface area contributed by atoms with Crippen molar-refractivity contribution >= 4 is 5.97 Å². The van der Waals surface area contributed by atoms with Crippen LogP contribution in [-0.2, 0) is 15.7 Å². The zero-order chi connectivity index (χ0) is 13.6. The molecular weight excluding hydrogens is 247 g/mol. The van der Waals surface area contributed by atoms with Gasteiger partial charge in [0.15, 0.2) is 0 Å². The first-order valence-electron chi connectivity index (χ1n) is 5.33. The number of benzene rings is 1. The van der Waals surface area contributed by atoms with E-state index < -0.39 is 23.2 Å². The number of carbonyl (C=O) groups excluding carboxylic acids is 1. The summed E-state index contributed by atoms with van der Waals surface area (Å²) in [5.74, 6) is -0.806. The van der Waals surface area contributed by atoms with Crippen molar-refractivity contribution in [2.24, 2.45) is 5.73 Å². The molecule has 3 nitrogen and oxygen atoms in total. The van der Waals surface area contributed by atoms with Gasteiger partial charge in [-0.25, -0.2) is 0 Å². The Morgan fingerprint density at radius 2 is 1.94 bits per heavy atom. The molecule has 0 aromatic heterocycles. The van der Waals surface area contributed by atoms with E-state index in [1.54, 1.807) is 0 Å². The number of alkyl halides is 3. The molecule has 0 heterocycles. The second-order valence-electron chi connectivity index (χ2n) is 4.41. The average molecular weight is 259 g/mol. The van der Waals surface area contributed by atoms with Gasteiger partial charge >= 0.3 is 12.1 Å². The molecule has 2 atom stereocenters. The second-order valence-corrected chi connectivity index (χ2v) is 4.41. The maximum Gasteiger partial charge on any atom is 0.416 e. The van der Waals surface area contributed by atoms with Crippen molar-refractivity contribution in [3.63, 3.8) is 0 Å². The first-order chi connectivity index (χ1) is 8.29. The largest absolute Gasteiger partial charge is 0.468 e. The van der Waals surface area contributed by atoms with Crippen LogP contribution in [0, 0.1) is 0 Å². The number of carbonyl (C=O) groups is 1. The van der Waals surface area contributed by atoms with E-state index in [0.29, 0.717) is 12.0 Å². The minimum atomic E-state index is -4.36. The van der Waals surface area contributed by atoms with E-state index in [0.717, 1.165) is 12.1 Å². The lowest BCUT2D eigenvalue weighted by molar-refractivity contribution is -0.143. The lowest BCUT2D eigenvalue weighted by Gasteiger charge is -2.10. The highest BCUT2D eigenvalue weighted by molar-refractivity contribution is 5.86. The maximum absolute atomic E-state index is 12.4. The molecule has 0 aliphatic heterocycles. The summed E-state index contributed by atoms with van der Waals surface area (Å²) >= 11 is 0. The number of methoxy groups -OCH3 is 1. The molecule has 0 amide bonds. The van der Waals surface area contributed by atoms with E-state index in [9.17, 15) is 18.0 Å². The molecule has 98 valence electrons. The van der Waals surface area contributed by atoms with E-state index >= 15 is 0 Å². The predicted molar refractivity (Wildman–Crippen MR) is 57.7 cm³/mol. The summed E-state index contributed by atoms with van der Waals surface area (Å²) in [6.45, 7) is 0. The number of halogens is 3. The quantitative estimate of drug-likeness (QED) is 0.827. The molecule has 1 aliphatic rings. The zero-order valence-electron chi connectivity index (χ0n) is 9.62. The van der Waals surface area contributed by atoms with Crippen molar-refractivity contribution in [1.82, 2.24) is 0 Å². The van der Waals surface area contributed by atoms with Crippen LogP contribution in [0.5, 0.6) is 0 Å². The van der Waals surface area contributed by atoms with Crippen molar-refractivity contribution in [3.05, 3.63) is 35.4 Å². The Kier molecular flexibility index (Phi) is 2.85. The monoisotopic (exact) mass is 259 g/mol. The lowest BCUT2D eigenvalue weighted by Crippen LogP contribution is -2.35. The van der Waals surface area contributed by atoms with Gasteiger partial charge in [0.05, 0.1) is 12.7 Å². The molecule has 1 aliphatic carbocycles. The molecule has 1 aromatic rings. The smallest absolute Gasteiger partial charge is 0.416 e. The van der Waals surface area contributed by atoms with Gasteiger partial charge in [0.2, 0.25) is 0 Å². The third-order valence-electron chi connectivity index (χ3n) is 3.21. The molecule has 0 saturated heterocycles. The molecule has 1 aromatic carbocycles. The van der Waals surface area contributed by atoms with Gasteiger partial charge in [0, 0.05) is 5.92 Å². The van der Waals surface area contributed by atoms with Crippen molar-refractivity contribution in [1.29, 1.82) is 0 Å². The Balaban J connectivity index is 2.16. The van der Waals surface area contributed by atoms with Gasteiger partial charge < -0.3 is 10.5 Å². The number of nitrogens with two attached hydrogens (primary N) is 1. The van der Waals surface area contributed by atoms with E-state index in [-0.39, 0.29) is 5.92 Å². The summed E-state index contributed by atoms with van der Waals surface area (Å²) in [7, 11) is 1.24. The van der Waals surface area contributed by atoms with Gasteiger partial charge in [-0.15, -0.1) is 0 Å². The van der Waals surface area contributed by atoms with Crippen LogP contribution in [0.1, 0.15) is 23.5 Å². The van der Waals surface area contributed by atoms with Crippen LogP contribution in [0.3, 0.4) is 0 Å². The molecule has 0 unspecified atom stereocenters. The van der Waals surface area contributed by atoms with Gasteiger partial charge in [-0.05, 0) is 24.1 Å². The van der Waals surface area contributed by atoms with Crippen LogP contribution in [-0.4, -0.2) is 18.6 Å². The fraction of sp³-hybridized carbons (Fsp3) is 0.417. The number of hydrogen-bond donors (Lipinski definition) is 1. The van der Waals surface area contributed by atoms with Crippen LogP contribution in [0.2, 0.25) is 0 Å². The number of hydrogen-bond acceptors (Lipinski definition) is 3. The van der Waals surface area contributed by atoms with Gasteiger partial charge in [0.1, 0.15) is 5.54 Å². The van der Waals surface area contributed by atoms with E-state index in [1.165, 1.54) is 19.2 Å². The fourth-order valence-corrected chi connectivity index (χ4v) is 2.01. The zero-order valence-corrected chi connectivity index (χ0v) is 9.62. The first-order valence-corrected chi connectivity index (χ1v) is 5.33. The SMILES string of the molecule is COC(=O)[C@@]1(N)C[C@H]1c1ccc(C(F)(F)F)cc1. The summed E-state index contributed by atoms with van der Waals surface area (Å²) in [5, 5.41) is 0. The van der Waals surface area contributed by atoms with Crippen LogP contribution < -0.4 is 5.73 Å². The van der Waals surface area contributed by atoms with Crippen molar-refractivity contribution < 1.29 is 22.7 Å². The molecule has 0 spiro atoms. The van der Waals surface area contributed by atoms with Gasteiger partial charge in [0.25, 0.3) is 0 Å². The van der Waals surface area contributed by atoms with Crippen molar-refractivity contribution in [2.75, 3.05) is 7.11 Å². The average Bonchev–Trinajstić information content (AvgIpc) is 3.01. The topological polar surface area (TPSA) is 52.3 Å². The summed E-state index contributed by atoms with van der Waals surface area (Å²) < 4.78 is 41.7. The minimum Gasteiger partial charge on any atom is -0.468 e. The molecule has 1 saturated carbocycles. The van der Waals surface area contributed by atoms with E-state index in [4.69, 9.17) is 5.73 Å². The molecule has 6 heteroatoms. The Bertz CT molecular complexity index is 469. The number of rotatable bonds is 2. The molecule has 0 bridgehead atoms. The minimum absolute atomic E-state index is 0.271. The molecule has 0 radical (unpaired) electrons. The first kappa shape index (κ1) is 12.9. The molecule has 1 fully saturated rings. The van der Waals surface area contributed by atoms with Crippen LogP contribution in [0.4, 0.5) is 13.2 Å². The predicted octanol–water partition coefficient (Wildman–Crippen LogP) is 2.06. The molecule has 2 rings (SSSR count). The third kappa shape index (κ3) is 2.08. The van der Waals surface area contributed by atoms with Crippen LogP contribution >= 0.6 is 0 Å². The standard InChI is InChI=1S/C12H12F3NO2/c1-18-10(17)11(16)6-9(11)7-2-4-8(5-3-7)12(13,14)15/h2-5,9H,6,16H2,1H3/t9-,11+/m0/s1. The maximum atomic E-state index is 12.4. The van der Waals surface area contributed by atoms with E-state index in [2.05, 4.69) is 4.74 Å². The van der Waals surface area contributed by atoms with Crippen molar-refractivity contribution in [3.8, 4) is 0 Å². The lowest BCUT2D eigenvalue weighted by atomic mass is 10.0. The third-order valence-corrected chi connectivity index (χ3v) is 3.21. The Morgan fingerprint density at radius 1 is 1.39 bits per heavy atom. The highest BCUT2D eigenvalue weighted by Crippen LogP contribution is 2.50. The summed E-state index contributed by atoms with van der Waals surface area (Å²) in [5.41, 5.74) is 4.62. The molecule has 2 N–H and O–H groups in total. The van der Waals surface area contributed by atoms with Gasteiger partial charge in [-0.2, -0.15) is 13.2 Å². The normalized spacial score (nSPS) is 26.8. The molecular formula is C12H12F3NO2. The van der Waals surface area contributed by atoms with Crippen LogP contribution in [0.15, 0.2) is 24.3 Å². The summed E-state index contributed by atoms with van der Waals surface area (Å²) in [6.07, 6.45) is -3.96. The summed E-state index contributed by atoms with van der Waals surface area (Å²) in [6, 6.07) is 4.69. The Labute approximate surface area is 102 Å². The van der Waals surface area contributed by atoms with E-state index in [1.807, 2.05) is 0 Å². The van der Waals surface area contributed by atoms with Gasteiger partial charge in [-0.3, -0.25) is 4.79 Å². The van der Waals surface area contributed by atoms with Crippen LogP contribution in [0.25, 0.3) is 0 Å². The number of esters is 1. The molecule has 18 heavy (non-hydrogen) atoms. The fourth-order valence-electron chi connectivity index (χ4n) is 2.01. The number of ether oxygens (including phenoxy) is 1. The Morgan fingerprint density at radius 3 is 2.39 bits per heavy atom. The van der Waals surface area contributed by atoms with Crippen molar-refractivity contribution in [2.45, 2.75) is 24.1 Å².